The number of carbonyl (C=O) groups is 2. The van der Waals surface area contributed by atoms with Crippen LogP contribution in [-0.2, 0) is 35.5 Å². The summed E-state index contributed by atoms with van der Waals surface area (Å²) in [7, 11) is -4.93. The lowest BCUT2D eigenvalue weighted by Gasteiger charge is -2.52. The number of oxime groups is 1. The molecule has 1 aromatic heterocycles. The largest absolute Gasteiger partial charge is 0.485 e. The van der Waals surface area contributed by atoms with Crippen LogP contribution in [0.4, 0.5) is 5.13 Å². The van der Waals surface area contributed by atoms with E-state index in [4.69, 9.17) is 31.0 Å². The second-order valence-electron chi connectivity index (χ2n) is 13.7. The van der Waals surface area contributed by atoms with Crippen molar-refractivity contribution in [2.45, 2.75) is 83.2 Å². The Morgan fingerprint density at radius 3 is 2.61 bits per heavy atom. The first-order valence-electron chi connectivity index (χ1n) is 15.6. The Kier molecular flexibility index (Phi) is 9.74. The maximum Gasteiger partial charge on any atom is 0.418 e. The lowest BCUT2D eigenvalue weighted by molar-refractivity contribution is -0.218. The van der Waals surface area contributed by atoms with E-state index in [-0.39, 0.29) is 41.0 Å². The highest BCUT2D eigenvalue weighted by atomic mass is 32.3. The first kappa shape index (κ1) is 36.4. The number of anilines is 1. The number of aliphatic carboxylic acids is 1. The van der Waals surface area contributed by atoms with Gasteiger partial charge in [-0.1, -0.05) is 19.0 Å². The molecule has 0 bridgehead atoms. The molecule has 1 saturated heterocycles. The van der Waals surface area contributed by atoms with Gasteiger partial charge in [0.15, 0.2) is 11.2 Å². The first-order valence-corrected chi connectivity index (χ1v) is 17.8. The molecule has 1 saturated carbocycles. The highest BCUT2D eigenvalue weighted by molar-refractivity contribution is 7.80. The van der Waals surface area contributed by atoms with Crippen molar-refractivity contribution in [3.05, 3.63) is 40.4 Å². The maximum absolute atomic E-state index is 12.7. The standard InChI is InChI=1S/C30H42N8O9S2/c1-28(2)17(12-31)11-21(28)36-24(32)16-6-8-20-15(10-16)7-9-22(45-20)30(5,26(40)41)46-37-18(19-14-48-27(33)35-19)13-34-23-25(39)38(29(23,3)4)47-49(42,43)44/h6,8,10,14,17,21-23,34H,7,9,11-13,31H2,1-5H3,(H2,32,36)(H2,33,35)(H,40,41)(H,42,43,44)/b37-18+/t17-,21-,22-,23-,30+/m1/s1. The lowest BCUT2D eigenvalue weighted by Crippen LogP contribution is -2.76. The molecular formula is C30H42N8O9S2. The summed E-state index contributed by atoms with van der Waals surface area (Å²) in [6, 6.07) is 4.50. The van der Waals surface area contributed by atoms with Crippen LogP contribution in [0.3, 0.4) is 0 Å². The third kappa shape index (κ3) is 7.08. The Bertz CT molecular complexity index is 1780. The topological polar surface area (TPSA) is 265 Å². The number of nitrogens with zero attached hydrogens (tertiary/aromatic N) is 3. The van der Waals surface area contributed by atoms with Crippen LogP contribution in [0.25, 0.3) is 0 Å². The molecule has 49 heavy (non-hydrogen) atoms. The fraction of sp³-hybridized carbons (Fsp3) is 0.567. The smallest absolute Gasteiger partial charge is 0.418 e. The molecule has 2 aromatic rings. The minimum absolute atomic E-state index is 0.0234. The molecule has 1 aliphatic carbocycles. The SMILES string of the molecule is CC1(C)[C@@H](CN)C[C@H]1NC(=N)c1ccc2c(c1)CC[C@H]([C@](C)(O/N=C(\CN[C@@H]1C(=O)N(OS(=O)(=O)O)C1(C)C)c1csc(N)n1)C(=O)O)O2. The number of amides is 1. The van der Waals surface area contributed by atoms with E-state index in [9.17, 15) is 23.1 Å². The minimum atomic E-state index is -4.93. The van der Waals surface area contributed by atoms with Crippen LogP contribution in [-0.4, -0.2) is 94.0 Å². The van der Waals surface area contributed by atoms with Crippen LogP contribution in [0, 0.1) is 16.7 Å². The second kappa shape index (κ2) is 13.1. The fourth-order valence-electron chi connectivity index (χ4n) is 6.34. The molecule has 1 aromatic carbocycles. The van der Waals surface area contributed by atoms with Crippen LogP contribution in [0.2, 0.25) is 0 Å². The van der Waals surface area contributed by atoms with Crippen molar-refractivity contribution in [2.24, 2.45) is 22.2 Å². The van der Waals surface area contributed by atoms with Crippen LogP contribution < -0.4 is 26.8 Å². The molecule has 3 aliphatic rings. The van der Waals surface area contributed by atoms with E-state index < -0.39 is 45.6 Å². The van der Waals surface area contributed by atoms with Crippen molar-refractivity contribution in [3.8, 4) is 5.75 Å². The molecule has 2 aliphatic heterocycles. The lowest BCUT2D eigenvalue weighted by atomic mass is 9.58. The highest BCUT2D eigenvalue weighted by Crippen LogP contribution is 2.45. The third-order valence-electron chi connectivity index (χ3n) is 9.89. The molecule has 3 heterocycles. The number of ether oxygens (including phenoxy) is 1. The molecule has 1 amide bonds. The fourth-order valence-corrected chi connectivity index (χ4v) is 7.37. The van der Waals surface area contributed by atoms with Crippen LogP contribution >= 0.6 is 11.3 Å². The molecule has 19 heteroatoms. The summed E-state index contributed by atoms with van der Waals surface area (Å²) in [6.45, 7) is 9.11. The van der Waals surface area contributed by atoms with E-state index in [1.807, 2.05) is 6.07 Å². The van der Waals surface area contributed by atoms with Crippen LogP contribution in [0.1, 0.15) is 64.3 Å². The second-order valence-corrected chi connectivity index (χ2v) is 15.6. The van der Waals surface area contributed by atoms with Gasteiger partial charge < -0.3 is 31.5 Å². The Labute approximate surface area is 287 Å². The van der Waals surface area contributed by atoms with Gasteiger partial charge in [0.05, 0.1) is 5.54 Å². The summed E-state index contributed by atoms with van der Waals surface area (Å²) in [6.07, 6.45) is 0.669. The number of benzene rings is 1. The number of hydroxylamine groups is 2. The molecule has 268 valence electrons. The van der Waals surface area contributed by atoms with Gasteiger partial charge >= 0.3 is 16.4 Å². The molecule has 0 spiro atoms. The van der Waals surface area contributed by atoms with Gasteiger partial charge in [0.2, 0.25) is 0 Å². The number of aromatic nitrogens is 1. The molecule has 5 rings (SSSR count). The number of β-lactam (4-membered cyclic amide) rings is 1. The number of amidine groups is 1. The van der Waals surface area contributed by atoms with Gasteiger partial charge in [-0.2, -0.15) is 13.5 Å². The number of carboxylic acid groups (broad SMARTS) is 1. The summed E-state index contributed by atoms with van der Waals surface area (Å²) in [4.78, 5) is 35.3. The van der Waals surface area contributed by atoms with E-state index in [2.05, 4.69) is 38.9 Å². The van der Waals surface area contributed by atoms with E-state index in [0.717, 1.165) is 23.3 Å². The van der Waals surface area contributed by atoms with Gasteiger partial charge in [-0.25, -0.2) is 9.78 Å². The number of aryl methyl sites for hydroxylation is 1. The number of carboxylic acids is 1. The zero-order valence-electron chi connectivity index (χ0n) is 27.7. The third-order valence-corrected chi connectivity index (χ3v) is 10.9. The number of nitrogens with one attached hydrogen (secondary N) is 3. The quantitative estimate of drug-likeness (QED) is 0.0505. The molecule has 2 fully saturated rings. The van der Waals surface area contributed by atoms with Crippen molar-refractivity contribution in [1.29, 1.82) is 5.41 Å². The van der Waals surface area contributed by atoms with Crippen molar-refractivity contribution in [1.82, 2.24) is 20.7 Å². The number of fused-ring (bicyclic) bond motifs is 1. The molecule has 17 nitrogen and oxygen atoms in total. The van der Waals surface area contributed by atoms with Crippen molar-refractivity contribution < 1.29 is 41.5 Å². The molecule has 0 unspecified atom stereocenters. The average molecular weight is 723 g/mol. The molecule has 5 atom stereocenters. The minimum Gasteiger partial charge on any atom is -0.485 e. The molecule has 0 radical (unpaired) electrons. The van der Waals surface area contributed by atoms with Crippen molar-refractivity contribution in [3.63, 3.8) is 0 Å². The predicted molar refractivity (Wildman–Crippen MR) is 179 cm³/mol. The normalized spacial score (nSPS) is 25.6. The van der Waals surface area contributed by atoms with Crippen molar-refractivity contribution in [2.75, 3.05) is 18.8 Å². The monoisotopic (exact) mass is 722 g/mol. The van der Waals surface area contributed by atoms with E-state index >= 15 is 0 Å². The summed E-state index contributed by atoms with van der Waals surface area (Å²) < 4.78 is 41.9. The van der Waals surface area contributed by atoms with Gasteiger partial charge in [-0.15, -0.1) is 15.6 Å². The van der Waals surface area contributed by atoms with Gasteiger partial charge in [0.1, 0.15) is 29.0 Å². The average Bonchev–Trinajstić information content (AvgIpc) is 3.47. The summed E-state index contributed by atoms with van der Waals surface area (Å²) in [5.74, 6) is -0.942. The zero-order valence-corrected chi connectivity index (χ0v) is 29.4. The number of thiazole rings is 1. The number of hydrogen-bond donors (Lipinski definition) is 7. The summed E-state index contributed by atoms with van der Waals surface area (Å²) in [5, 5.41) is 31.7. The van der Waals surface area contributed by atoms with E-state index in [1.54, 1.807) is 17.5 Å². The van der Waals surface area contributed by atoms with Gasteiger partial charge in [0.25, 0.3) is 11.5 Å². The Balaban J connectivity index is 1.29. The first-order chi connectivity index (χ1) is 22.8. The number of carbonyl (C=O) groups excluding carboxylic acids is 1. The number of hydrogen-bond acceptors (Lipinski definition) is 14. The number of rotatable bonds is 13. The summed E-state index contributed by atoms with van der Waals surface area (Å²) >= 11 is 1.11. The summed E-state index contributed by atoms with van der Waals surface area (Å²) in [5.41, 5.74) is 10.4. The number of nitrogens with two attached hydrogens (primary N) is 2. The Morgan fingerprint density at radius 2 is 2.04 bits per heavy atom. The molecular weight excluding hydrogens is 681 g/mol. The van der Waals surface area contributed by atoms with E-state index in [1.165, 1.54) is 20.8 Å². The highest BCUT2D eigenvalue weighted by Gasteiger charge is 2.57. The van der Waals surface area contributed by atoms with Crippen LogP contribution in [0.5, 0.6) is 5.75 Å². The van der Waals surface area contributed by atoms with Crippen LogP contribution in [0.15, 0.2) is 28.7 Å². The van der Waals surface area contributed by atoms with E-state index in [0.29, 0.717) is 41.1 Å². The van der Waals surface area contributed by atoms with Crippen molar-refractivity contribution >= 4 is 50.3 Å². The maximum atomic E-state index is 12.7. The van der Waals surface area contributed by atoms with Gasteiger partial charge in [0, 0.05) is 23.5 Å². The zero-order chi connectivity index (χ0) is 36.1. The molecule has 9 N–H and O–H groups in total. The van der Waals surface area contributed by atoms with Gasteiger partial charge in [-0.3, -0.25) is 20.1 Å². The predicted octanol–water partition coefficient (Wildman–Crippen LogP) is 1.28. The Hall–Kier alpha value is -3.88. The Morgan fingerprint density at radius 1 is 1.33 bits per heavy atom. The van der Waals surface area contributed by atoms with Gasteiger partial charge in [-0.05, 0) is 81.7 Å². The number of nitrogen functional groups attached to an aromatic ring is 1.